The second kappa shape index (κ2) is 5.28. The highest BCUT2D eigenvalue weighted by molar-refractivity contribution is 4.83. The molecule has 1 aliphatic heterocycles. The zero-order chi connectivity index (χ0) is 11.5. The highest BCUT2D eigenvalue weighted by Crippen LogP contribution is 2.34. The van der Waals surface area contributed by atoms with Crippen LogP contribution in [0.1, 0.15) is 33.6 Å². The molecular weight excluding hydrogens is 188 g/mol. The molecule has 90 valence electrons. The molecular formula is C12H26N2O. The van der Waals surface area contributed by atoms with Crippen molar-refractivity contribution in [2.24, 2.45) is 17.1 Å². The Hall–Kier alpha value is -0.120. The van der Waals surface area contributed by atoms with Gasteiger partial charge in [-0.1, -0.05) is 20.8 Å². The van der Waals surface area contributed by atoms with E-state index in [1.807, 2.05) is 0 Å². The minimum Gasteiger partial charge on any atom is -0.395 e. The number of piperidine rings is 1. The first-order valence-corrected chi connectivity index (χ1v) is 6.04. The van der Waals surface area contributed by atoms with Crippen LogP contribution in [0.25, 0.3) is 0 Å². The van der Waals surface area contributed by atoms with Crippen molar-refractivity contribution in [2.45, 2.75) is 39.7 Å². The van der Waals surface area contributed by atoms with Crippen LogP contribution in [0.5, 0.6) is 0 Å². The van der Waals surface area contributed by atoms with Gasteiger partial charge in [0.25, 0.3) is 0 Å². The van der Waals surface area contributed by atoms with Crippen molar-refractivity contribution in [1.29, 1.82) is 0 Å². The molecule has 15 heavy (non-hydrogen) atoms. The molecule has 1 aliphatic rings. The van der Waals surface area contributed by atoms with Crippen molar-refractivity contribution in [3.05, 3.63) is 0 Å². The fraction of sp³-hybridized carbons (Fsp3) is 1.00. The second-order valence-corrected chi connectivity index (χ2v) is 5.75. The van der Waals surface area contributed by atoms with Crippen LogP contribution in [0, 0.1) is 11.3 Å². The van der Waals surface area contributed by atoms with Crippen molar-refractivity contribution in [3.63, 3.8) is 0 Å². The SMILES string of the molecule is CC(C)(C)C1CCN(C(CN)CO)CC1. The van der Waals surface area contributed by atoms with E-state index in [1.165, 1.54) is 12.8 Å². The van der Waals surface area contributed by atoms with Crippen LogP contribution < -0.4 is 5.73 Å². The molecule has 0 aromatic heterocycles. The predicted molar refractivity (Wildman–Crippen MR) is 63.7 cm³/mol. The Morgan fingerprint density at radius 3 is 2.20 bits per heavy atom. The van der Waals surface area contributed by atoms with Crippen LogP contribution in [0.3, 0.4) is 0 Å². The Kier molecular flexibility index (Phi) is 4.56. The number of nitrogens with two attached hydrogens (primary N) is 1. The molecule has 0 bridgehead atoms. The van der Waals surface area contributed by atoms with Crippen molar-refractivity contribution >= 4 is 0 Å². The molecule has 0 aromatic rings. The summed E-state index contributed by atoms with van der Waals surface area (Å²) in [5.74, 6) is 0.811. The largest absolute Gasteiger partial charge is 0.395 e. The minimum atomic E-state index is 0.172. The maximum absolute atomic E-state index is 9.18. The summed E-state index contributed by atoms with van der Waals surface area (Å²) in [7, 11) is 0. The Balaban J connectivity index is 2.42. The fourth-order valence-corrected chi connectivity index (χ4v) is 2.47. The fourth-order valence-electron chi connectivity index (χ4n) is 2.47. The summed E-state index contributed by atoms with van der Waals surface area (Å²) >= 11 is 0. The van der Waals surface area contributed by atoms with Gasteiger partial charge in [0, 0.05) is 12.6 Å². The second-order valence-electron chi connectivity index (χ2n) is 5.75. The van der Waals surface area contributed by atoms with Gasteiger partial charge in [0.1, 0.15) is 0 Å². The van der Waals surface area contributed by atoms with E-state index in [1.54, 1.807) is 0 Å². The number of hydrogen-bond acceptors (Lipinski definition) is 3. The van der Waals surface area contributed by atoms with Gasteiger partial charge >= 0.3 is 0 Å². The number of likely N-dealkylation sites (tertiary alicyclic amines) is 1. The van der Waals surface area contributed by atoms with Crippen LogP contribution in [0.2, 0.25) is 0 Å². The molecule has 3 N–H and O–H groups in total. The average molecular weight is 214 g/mol. The minimum absolute atomic E-state index is 0.172. The number of nitrogens with zero attached hydrogens (tertiary/aromatic N) is 1. The van der Waals surface area contributed by atoms with Crippen molar-refractivity contribution in [1.82, 2.24) is 4.90 Å². The van der Waals surface area contributed by atoms with Crippen LogP contribution >= 0.6 is 0 Å². The molecule has 1 saturated heterocycles. The van der Waals surface area contributed by atoms with Crippen LogP contribution in [-0.4, -0.2) is 42.3 Å². The topological polar surface area (TPSA) is 49.5 Å². The molecule has 3 heteroatoms. The standard InChI is InChI=1S/C12H26N2O/c1-12(2,3)10-4-6-14(7-5-10)11(8-13)9-15/h10-11,15H,4-9,13H2,1-3H3. The molecule has 1 atom stereocenters. The van der Waals surface area contributed by atoms with Gasteiger partial charge < -0.3 is 10.8 Å². The van der Waals surface area contributed by atoms with Gasteiger partial charge in [0.05, 0.1) is 6.61 Å². The molecule has 1 rings (SSSR count). The quantitative estimate of drug-likeness (QED) is 0.738. The molecule has 0 aliphatic carbocycles. The number of aliphatic hydroxyl groups is 1. The summed E-state index contributed by atoms with van der Waals surface area (Å²) in [6.07, 6.45) is 2.47. The van der Waals surface area contributed by atoms with Gasteiger partial charge in [-0.2, -0.15) is 0 Å². The number of rotatable bonds is 3. The van der Waals surface area contributed by atoms with Crippen LogP contribution in [0.4, 0.5) is 0 Å². The molecule has 0 aromatic carbocycles. The molecule has 3 nitrogen and oxygen atoms in total. The van der Waals surface area contributed by atoms with E-state index in [-0.39, 0.29) is 12.6 Å². The van der Waals surface area contributed by atoms with E-state index in [2.05, 4.69) is 25.7 Å². The lowest BCUT2D eigenvalue weighted by Gasteiger charge is -2.41. The van der Waals surface area contributed by atoms with Crippen molar-refractivity contribution in [2.75, 3.05) is 26.2 Å². The van der Waals surface area contributed by atoms with E-state index >= 15 is 0 Å². The summed E-state index contributed by atoms with van der Waals surface area (Å²) in [6, 6.07) is 0.172. The summed E-state index contributed by atoms with van der Waals surface area (Å²) in [5, 5.41) is 9.18. The van der Waals surface area contributed by atoms with E-state index in [4.69, 9.17) is 5.73 Å². The molecule has 0 saturated carbocycles. The zero-order valence-corrected chi connectivity index (χ0v) is 10.4. The molecule has 1 fully saturated rings. The third-order valence-corrected chi connectivity index (χ3v) is 3.75. The molecule has 0 spiro atoms. The summed E-state index contributed by atoms with van der Waals surface area (Å²) in [6.45, 7) is 9.89. The highest BCUT2D eigenvalue weighted by atomic mass is 16.3. The Labute approximate surface area is 93.6 Å². The maximum atomic E-state index is 9.18. The normalized spacial score (nSPS) is 23.0. The Morgan fingerprint density at radius 1 is 1.33 bits per heavy atom. The molecule has 1 unspecified atom stereocenters. The molecule has 0 radical (unpaired) electrons. The highest BCUT2D eigenvalue weighted by Gasteiger charge is 2.30. The Bertz CT molecular complexity index is 177. The number of hydrogen-bond donors (Lipinski definition) is 2. The molecule has 1 heterocycles. The van der Waals surface area contributed by atoms with Gasteiger partial charge in [0.15, 0.2) is 0 Å². The molecule has 0 amide bonds. The van der Waals surface area contributed by atoms with Gasteiger partial charge in [-0.3, -0.25) is 4.90 Å². The smallest absolute Gasteiger partial charge is 0.0599 e. The van der Waals surface area contributed by atoms with E-state index in [9.17, 15) is 5.11 Å². The maximum Gasteiger partial charge on any atom is 0.0599 e. The van der Waals surface area contributed by atoms with Gasteiger partial charge in [-0.25, -0.2) is 0 Å². The van der Waals surface area contributed by atoms with Crippen molar-refractivity contribution < 1.29 is 5.11 Å². The predicted octanol–water partition coefficient (Wildman–Crippen LogP) is 1.06. The van der Waals surface area contributed by atoms with Gasteiger partial charge in [-0.05, 0) is 37.3 Å². The summed E-state index contributed by atoms with van der Waals surface area (Å²) < 4.78 is 0. The Morgan fingerprint density at radius 2 is 1.87 bits per heavy atom. The first-order valence-electron chi connectivity index (χ1n) is 6.04. The first-order chi connectivity index (χ1) is 6.99. The van der Waals surface area contributed by atoms with Crippen molar-refractivity contribution in [3.8, 4) is 0 Å². The number of aliphatic hydroxyl groups excluding tert-OH is 1. The third-order valence-electron chi connectivity index (χ3n) is 3.75. The lowest BCUT2D eigenvalue weighted by Crippen LogP contribution is -2.48. The van der Waals surface area contributed by atoms with E-state index in [0.717, 1.165) is 19.0 Å². The summed E-state index contributed by atoms with van der Waals surface area (Å²) in [4.78, 5) is 2.34. The van der Waals surface area contributed by atoms with Crippen LogP contribution in [0.15, 0.2) is 0 Å². The lowest BCUT2D eigenvalue weighted by molar-refractivity contribution is 0.0605. The van der Waals surface area contributed by atoms with E-state index < -0.39 is 0 Å². The zero-order valence-electron chi connectivity index (χ0n) is 10.4. The average Bonchev–Trinajstić information content (AvgIpc) is 2.19. The summed E-state index contributed by atoms with van der Waals surface area (Å²) in [5.41, 5.74) is 6.05. The third kappa shape index (κ3) is 3.44. The van der Waals surface area contributed by atoms with Gasteiger partial charge in [0.2, 0.25) is 0 Å². The van der Waals surface area contributed by atoms with Gasteiger partial charge in [-0.15, -0.1) is 0 Å². The monoisotopic (exact) mass is 214 g/mol. The lowest BCUT2D eigenvalue weighted by atomic mass is 9.75. The van der Waals surface area contributed by atoms with E-state index in [0.29, 0.717) is 12.0 Å². The first kappa shape index (κ1) is 12.9. The van der Waals surface area contributed by atoms with Crippen LogP contribution in [-0.2, 0) is 0 Å².